The zero-order valence-corrected chi connectivity index (χ0v) is 24.1. The Morgan fingerprint density at radius 2 is 1.21 bits per heavy atom. The minimum Gasteiger partial charge on any atom is -0.418 e. The average molecular weight is 481 g/mol. The lowest BCUT2D eigenvalue weighted by Crippen LogP contribution is -2.75. The van der Waals surface area contributed by atoms with Crippen molar-refractivity contribution in [1.82, 2.24) is 0 Å². The van der Waals surface area contributed by atoms with Crippen molar-refractivity contribution in [2.75, 3.05) is 0 Å². The molecule has 0 amide bonds. The lowest BCUT2D eigenvalue weighted by atomic mass is 10.3. The zero-order valence-electron chi connectivity index (χ0n) is 20.1. The Kier molecular flexibility index (Phi) is 9.96. The highest BCUT2D eigenvalue weighted by Crippen LogP contribution is 2.40. The van der Waals surface area contributed by atoms with Crippen LogP contribution in [0.3, 0.4) is 0 Å². The summed E-state index contributed by atoms with van der Waals surface area (Å²) in [4.78, 5) is 24.6. The van der Waals surface area contributed by atoms with Crippen LogP contribution in [0.1, 0.15) is 26.7 Å². The zero-order chi connectivity index (χ0) is 23.3. The Morgan fingerprint density at radius 1 is 0.828 bits per heavy atom. The predicted molar refractivity (Wildman–Crippen MR) is 125 cm³/mol. The van der Waals surface area contributed by atoms with E-state index in [2.05, 4.69) is 6.58 Å². The molecule has 29 heavy (non-hydrogen) atoms. The third-order valence-electron chi connectivity index (χ3n) is 3.11. The molecule has 0 aromatic heterocycles. The number of hydrogen-bond acceptors (Lipinski definition) is 7. The van der Waals surface area contributed by atoms with Gasteiger partial charge in [0, 0.05) is 19.4 Å². The summed E-state index contributed by atoms with van der Waals surface area (Å²) >= 11 is 0. The molecule has 0 saturated carbocycles. The van der Waals surface area contributed by atoms with Crippen LogP contribution in [0.4, 0.5) is 0 Å². The molecule has 1 atom stereocenters. The molecule has 0 aliphatic carbocycles. The van der Waals surface area contributed by atoms with Crippen molar-refractivity contribution in [1.29, 1.82) is 0 Å². The molecule has 0 aliphatic rings. The number of esters is 2. The molecule has 0 N–H and O–H groups in total. The van der Waals surface area contributed by atoms with Crippen molar-refractivity contribution in [3.63, 3.8) is 0 Å². The first-order chi connectivity index (χ1) is 12.8. The molecule has 11 heteroatoms. The number of carbonyl (C=O) groups excluding carboxylic acids is 2. The van der Waals surface area contributed by atoms with Gasteiger partial charge in [0.1, 0.15) is 0 Å². The van der Waals surface area contributed by atoms with Crippen molar-refractivity contribution in [2.45, 2.75) is 91.0 Å². The van der Waals surface area contributed by atoms with Crippen LogP contribution < -0.4 is 0 Å². The van der Waals surface area contributed by atoms with Gasteiger partial charge in [0.05, 0.1) is 0 Å². The minimum atomic E-state index is -3.89. The fourth-order valence-electron chi connectivity index (χ4n) is 2.67. The number of ether oxygens (including phenoxy) is 2. The van der Waals surface area contributed by atoms with Gasteiger partial charge >= 0.3 is 26.2 Å². The van der Waals surface area contributed by atoms with E-state index < -0.39 is 51.1 Å². The Bertz CT molecular complexity index is 550. The molecule has 0 rings (SSSR count). The van der Waals surface area contributed by atoms with Crippen molar-refractivity contribution in [2.24, 2.45) is 0 Å². The first-order valence-corrected chi connectivity index (χ1v) is 21.9. The molecule has 0 spiro atoms. The van der Waals surface area contributed by atoms with Crippen LogP contribution in [-0.4, -0.2) is 51.1 Å². The molecule has 1 unspecified atom stereocenters. The molecule has 0 fully saturated rings. The monoisotopic (exact) mass is 480 g/mol. The quantitative estimate of drug-likeness (QED) is 0.172. The molecule has 7 nitrogen and oxygen atoms in total. The van der Waals surface area contributed by atoms with Crippen molar-refractivity contribution >= 4 is 45.7 Å². The molecular weight excluding hydrogens is 441 g/mol. The van der Waals surface area contributed by atoms with E-state index in [-0.39, 0.29) is 6.42 Å². The van der Waals surface area contributed by atoms with Crippen LogP contribution in [0, 0.1) is 0 Å². The molecule has 170 valence electrons. The van der Waals surface area contributed by atoms with Gasteiger partial charge in [0.2, 0.25) is 0 Å². The van der Waals surface area contributed by atoms with E-state index in [1.807, 2.05) is 65.8 Å². The summed E-state index contributed by atoms with van der Waals surface area (Å²) in [6.45, 7) is 24.8. The van der Waals surface area contributed by atoms with Crippen LogP contribution in [-0.2, 0) is 31.4 Å². The summed E-state index contributed by atoms with van der Waals surface area (Å²) < 4.78 is 31.5. The number of hydrogen-bond donors (Lipinski definition) is 0. The van der Waals surface area contributed by atoms with Gasteiger partial charge < -0.3 is 21.8 Å². The number of carbonyl (C=O) groups is 2. The topological polar surface area (TPSA) is 80.3 Å². The van der Waals surface area contributed by atoms with E-state index in [0.29, 0.717) is 6.42 Å². The van der Waals surface area contributed by atoms with Gasteiger partial charge in [-0.15, -0.1) is 0 Å². The first kappa shape index (κ1) is 28.4. The highest BCUT2D eigenvalue weighted by molar-refractivity contribution is 6.91. The maximum atomic E-state index is 12.4. The standard InChI is InChI=1S/C18H40O7Si4/c1-13-15-18(21-16(3)19,22-17(20)14-2)29(23-26(4,5)6,24-27(7,8)9)25-28(10,11)12/h14H,2,13,15H2,1,3-12H3. The maximum absolute atomic E-state index is 12.4. The fourth-order valence-corrected chi connectivity index (χ4v) is 16.9. The molecule has 0 radical (unpaired) electrons. The Balaban J connectivity index is 7.09. The average Bonchev–Trinajstić information content (AvgIpc) is 2.40. The van der Waals surface area contributed by atoms with Crippen LogP contribution in [0.5, 0.6) is 0 Å². The van der Waals surface area contributed by atoms with Gasteiger partial charge in [-0.1, -0.05) is 13.5 Å². The van der Waals surface area contributed by atoms with Crippen molar-refractivity contribution < 1.29 is 31.4 Å². The first-order valence-electron chi connectivity index (χ1n) is 9.96. The highest BCUT2D eigenvalue weighted by Gasteiger charge is 2.70. The molecule has 0 heterocycles. The largest absolute Gasteiger partial charge is 0.559 e. The Hall–Kier alpha value is -0.572. The van der Waals surface area contributed by atoms with Gasteiger partial charge in [0.25, 0.3) is 0 Å². The van der Waals surface area contributed by atoms with E-state index in [4.69, 9.17) is 21.8 Å². The molecule has 0 aromatic rings. The number of rotatable bonds is 12. The summed E-state index contributed by atoms with van der Waals surface area (Å²) in [6, 6.07) is 0. The SMILES string of the molecule is C=CC(=O)OC(CCC)(OC(C)=O)[Si](O[Si](C)(C)C)(O[Si](C)(C)C)O[Si](C)(C)C. The van der Waals surface area contributed by atoms with E-state index in [9.17, 15) is 9.59 Å². The van der Waals surface area contributed by atoms with Gasteiger partial charge in [-0.2, -0.15) is 0 Å². The second kappa shape index (κ2) is 10.2. The fraction of sp³-hybridized carbons (Fsp3) is 0.778. The molecule has 0 aromatic carbocycles. The van der Waals surface area contributed by atoms with E-state index in [0.717, 1.165) is 6.08 Å². The molecular formula is C18H40O7Si4. The summed E-state index contributed by atoms with van der Waals surface area (Å²) in [7, 11) is -10.8. The molecule has 0 bridgehead atoms. The molecule has 0 aliphatic heterocycles. The Labute approximate surface area is 180 Å². The van der Waals surface area contributed by atoms with Crippen molar-refractivity contribution in [3.8, 4) is 0 Å². The van der Waals surface area contributed by atoms with Crippen LogP contribution in [0.2, 0.25) is 58.9 Å². The normalized spacial score (nSPS) is 15.4. The summed E-state index contributed by atoms with van der Waals surface area (Å²) in [5.74, 6) is -1.31. The minimum absolute atomic E-state index is 0.206. The second-order valence-corrected chi connectivity index (χ2v) is 26.9. The second-order valence-electron chi connectivity index (χ2n) is 9.92. The van der Waals surface area contributed by atoms with Gasteiger partial charge in [-0.05, 0) is 65.3 Å². The van der Waals surface area contributed by atoms with Gasteiger partial charge in [0.15, 0.2) is 25.0 Å². The van der Waals surface area contributed by atoms with Crippen molar-refractivity contribution in [3.05, 3.63) is 12.7 Å². The smallest absolute Gasteiger partial charge is 0.418 e. The van der Waals surface area contributed by atoms with Gasteiger partial charge in [-0.3, -0.25) is 4.79 Å². The lowest BCUT2D eigenvalue weighted by molar-refractivity contribution is -0.213. The lowest BCUT2D eigenvalue weighted by Gasteiger charge is -2.50. The van der Waals surface area contributed by atoms with Crippen LogP contribution in [0.25, 0.3) is 0 Å². The van der Waals surface area contributed by atoms with E-state index in [1.54, 1.807) is 0 Å². The van der Waals surface area contributed by atoms with E-state index >= 15 is 0 Å². The van der Waals surface area contributed by atoms with E-state index in [1.165, 1.54) is 6.92 Å². The summed E-state index contributed by atoms with van der Waals surface area (Å²) in [5.41, 5.74) is -1.76. The summed E-state index contributed by atoms with van der Waals surface area (Å²) in [6.07, 6.45) is 1.81. The van der Waals surface area contributed by atoms with Crippen LogP contribution in [0.15, 0.2) is 12.7 Å². The summed E-state index contributed by atoms with van der Waals surface area (Å²) in [5, 5.41) is 0. The maximum Gasteiger partial charge on any atom is 0.559 e. The van der Waals surface area contributed by atoms with Crippen LogP contribution >= 0.6 is 0 Å². The molecule has 0 saturated heterocycles. The third-order valence-corrected chi connectivity index (χ3v) is 15.1. The Morgan fingerprint density at radius 3 is 1.45 bits per heavy atom. The highest BCUT2D eigenvalue weighted by atomic mass is 28.5. The predicted octanol–water partition coefficient (Wildman–Crippen LogP) is 4.81. The third kappa shape index (κ3) is 9.85. The van der Waals surface area contributed by atoms with Gasteiger partial charge in [-0.25, -0.2) is 4.79 Å².